The number of pyridine rings is 1. The fourth-order valence-electron chi connectivity index (χ4n) is 6.95. The van der Waals surface area contributed by atoms with Crippen LogP contribution in [-0.2, 0) is 25.5 Å². The first-order chi connectivity index (χ1) is 25.1. The summed E-state index contributed by atoms with van der Waals surface area (Å²) in [7, 11) is 0. The van der Waals surface area contributed by atoms with Crippen LogP contribution < -0.4 is 15.5 Å². The number of nitrogens with one attached hydrogen (secondary N) is 2. The molecular weight excluding hydrogens is 658 g/mol. The van der Waals surface area contributed by atoms with Crippen molar-refractivity contribution < 1.29 is 23.9 Å². The van der Waals surface area contributed by atoms with E-state index >= 15 is 0 Å². The van der Waals surface area contributed by atoms with Crippen molar-refractivity contribution in [3.05, 3.63) is 78.0 Å². The van der Waals surface area contributed by atoms with Gasteiger partial charge in [-0.15, -0.1) is 5.11 Å². The van der Waals surface area contributed by atoms with Gasteiger partial charge in [-0.05, 0) is 112 Å². The number of aromatic nitrogens is 1. The van der Waals surface area contributed by atoms with Crippen LogP contribution >= 0.6 is 0 Å². The van der Waals surface area contributed by atoms with Gasteiger partial charge in [0, 0.05) is 55.3 Å². The second-order valence-electron chi connectivity index (χ2n) is 14.8. The SMILES string of the molecule is CC(C)(C)OC(=O)NCC1CCC(C(=O)C[C@@H](Cc2cccc(-c3ccnc(N4CCOCC4)c3)c2)C(=O)Nc2ccc(C3=NCN=N3)cc2)CC1. The van der Waals surface area contributed by atoms with Crippen LogP contribution in [0.25, 0.3) is 11.1 Å². The molecule has 3 heterocycles. The summed E-state index contributed by atoms with van der Waals surface area (Å²) in [6.45, 7) is 9.34. The fourth-order valence-corrected chi connectivity index (χ4v) is 6.95. The minimum atomic E-state index is -0.566. The average molecular weight is 708 g/mol. The van der Waals surface area contributed by atoms with Crippen molar-refractivity contribution in [3.8, 4) is 11.1 Å². The zero-order valence-electron chi connectivity index (χ0n) is 30.3. The molecule has 12 nitrogen and oxygen atoms in total. The molecule has 1 aromatic heterocycles. The first kappa shape index (κ1) is 36.8. The van der Waals surface area contributed by atoms with Crippen LogP contribution in [0.2, 0.25) is 0 Å². The molecule has 1 saturated heterocycles. The number of aliphatic imine (C=N–C) groups is 1. The maximum Gasteiger partial charge on any atom is 0.407 e. The standard InChI is InChI=1S/C40H49N7O5/c1-40(2,3)52-39(50)42-25-27-7-9-29(10-8-27)35(48)23-33(38(49)45-34-13-11-30(12-14-34)37-43-26-44-46-37)22-28-5-4-6-31(21-28)32-15-16-41-36(24-32)47-17-19-51-20-18-47/h4-6,11-16,21,24,27,29,33H,7-10,17-20,22-23,25-26H2,1-3H3,(H,42,50)(H,45,49)/t27?,29?,33-/m1/s1. The average Bonchev–Trinajstić information content (AvgIpc) is 3.69. The van der Waals surface area contributed by atoms with Crippen molar-refractivity contribution in [2.75, 3.05) is 49.7 Å². The van der Waals surface area contributed by atoms with Crippen molar-refractivity contribution in [1.29, 1.82) is 0 Å². The summed E-state index contributed by atoms with van der Waals surface area (Å²) >= 11 is 0. The molecule has 3 aliphatic rings. The molecule has 1 atom stereocenters. The number of morpholine rings is 1. The van der Waals surface area contributed by atoms with Gasteiger partial charge in [0.05, 0.1) is 13.2 Å². The number of amidine groups is 1. The maximum atomic E-state index is 14.0. The number of hydrogen-bond donors (Lipinski definition) is 2. The van der Waals surface area contributed by atoms with Gasteiger partial charge < -0.3 is 25.0 Å². The molecule has 2 fully saturated rings. The van der Waals surface area contributed by atoms with E-state index in [1.54, 1.807) is 0 Å². The van der Waals surface area contributed by atoms with Crippen molar-refractivity contribution in [2.45, 2.75) is 64.9 Å². The molecule has 274 valence electrons. The third-order valence-electron chi connectivity index (χ3n) is 9.74. The van der Waals surface area contributed by atoms with Gasteiger partial charge in [-0.2, -0.15) is 5.11 Å². The third kappa shape index (κ3) is 10.3. The lowest BCUT2D eigenvalue weighted by atomic mass is 9.77. The Morgan fingerprint density at radius 1 is 0.942 bits per heavy atom. The number of ketones is 1. The topological polar surface area (TPSA) is 147 Å². The zero-order chi connectivity index (χ0) is 36.5. The Hall–Kier alpha value is -4.97. The van der Waals surface area contributed by atoms with E-state index in [2.05, 4.69) is 53.9 Å². The minimum Gasteiger partial charge on any atom is -0.444 e. The zero-order valence-corrected chi connectivity index (χ0v) is 30.3. The van der Waals surface area contributed by atoms with Gasteiger partial charge in [0.25, 0.3) is 0 Å². The number of benzene rings is 2. The maximum absolute atomic E-state index is 14.0. The van der Waals surface area contributed by atoms with E-state index < -0.39 is 17.6 Å². The third-order valence-corrected chi connectivity index (χ3v) is 9.74. The Morgan fingerprint density at radius 3 is 2.40 bits per heavy atom. The van der Waals surface area contributed by atoms with E-state index in [1.165, 1.54) is 0 Å². The van der Waals surface area contributed by atoms with Gasteiger partial charge in [0.15, 0.2) is 12.5 Å². The molecule has 3 aromatic rings. The van der Waals surface area contributed by atoms with E-state index in [4.69, 9.17) is 9.47 Å². The molecule has 2 N–H and O–H groups in total. The van der Waals surface area contributed by atoms with E-state index in [0.29, 0.717) is 44.4 Å². The van der Waals surface area contributed by atoms with E-state index in [1.807, 2.05) is 69.4 Å². The Balaban J connectivity index is 1.13. The van der Waals surface area contributed by atoms with Crippen LogP contribution in [0.15, 0.2) is 82.1 Å². The number of anilines is 2. The molecule has 0 spiro atoms. The van der Waals surface area contributed by atoms with Crippen LogP contribution in [0.4, 0.5) is 16.3 Å². The lowest BCUT2D eigenvalue weighted by molar-refractivity contribution is -0.129. The molecule has 1 saturated carbocycles. The molecule has 1 aliphatic carbocycles. The number of rotatable bonds is 12. The summed E-state index contributed by atoms with van der Waals surface area (Å²) in [6.07, 6.45) is 5.11. The second kappa shape index (κ2) is 17.0. The van der Waals surface area contributed by atoms with Crippen molar-refractivity contribution in [1.82, 2.24) is 10.3 Å². The lowest BCUT2D eigenvalue weighted by Crippen LogP contribution is -2.37. The summed E-state index contributed by atoms with van der Waals surface area (Å²) in [5.74, 6) is 1.01. The van der Waals surface area contributed by atoms with E-state index in [0.717, 1.165) is 66.8 Å². The number of nitrogens with zero attached hydrogens (tertiary/aromatic N) is 5. The van der Waals surface area contributed by atoms with Gasteiger partial charge in [-0.1, -0.05) is 24.3 Å². The second-order valence-corrected chi connectivity index (χ2v) is 14.8. The minimum absolute atomic E-state index is 0.110. The monoisotopic (exact) mass is 707 g/mol. The van der Waals surface area contributed by atoms with Gasteiger partial charge in [0.2, 0.25) is 5.91 Å². The highest BCUT2D eigenvalue weighted by atomic mass is 16.6. The Kier molecular flexibility index (Phi) is 12.1. The van der Waals surface area contributed by atoms with Crippen LogP contribution in [0.1, 0.15) is 64.0 Å². The summed E-state index contributed by atoms with van der Waals surface area (Å²) < 4.78 is 10.9. The summed E-state index contributed by atoms with van der Waals surface area (Å²) in [4.78, 5) is 51.0. The largest absolute Gasteiger partial charge is 0.444 e. The van der Waals surface area contributed by atoms with E-state index in [9.17, 15) is 14.4 Å². The van der Waals surface area contributed by atoms with Gasteiger partial charge in [0.1, 0.15) is 17.2 Å². The summed E-state index contributed by atoms with van der Waals surface area (Å²) in [5.41, 5.74) is 3.96. The normalized spacial score (nSPS) is 19.4. The molecule has 0 unspecified atom stereocenters. The molecular formula is C40H49N7O5. The number of hydrogen-bond acceptors (Lipinski definition) is 10. The molecule has 2 aliphatic heterocycles. The highest BCUT2D eigenvalue weighted by molar-refractivity contribution is 6.01. The molecule has 6 rings (SSSR count). The predicted molar refractivity (Wildman–Crippen MR) is 201 cm³/mol. The van der Waals surface area contributed by atoms with Crippen LogP contribution in [0.3, 0.4) is 0 Å². The van der Waals surface area contributed by atoms with Crippen molar-refractivity contribution in [3.63, 3.8) is 0 Å². The summed E-state index contributed by atoms with van der Waals surface area (Å²) in [6, 6.07) is 19.7. The fraction of sp³-hybridized carbons (Fsp3) is 0.475. The molecule has 2 aromatic carbocycles. The molecule has 2 amide bonds. The van der Waals surface area contributed by atoms with Gasteiger partial charge in [-0.25, -0.2) is 14.8 Å². The van der Waals surface area contributed by atoms with E-state index in [-0.39, 0.29) is 29.9 Å². The van der Waals surface area contributed by atoms with Gasteiger partial charge in [-0.3, -0.25) is 9.59 Å². The number of ether oxygens (including phenoxy) is 2. The number of Topliss-reactive ketones (excluding diaryl/α,β-unsaturated/α-hetero) is 1. The van der Waals surface area contributed by atoms with Crippen LogP contribution in [0, 0.1) is 17.8 Å². The number of alkyl carbamates (subject to hydrolysis) is 1. The highest BCUT2D eigenvalue weighted by Crippen LogP contribution is 2.32. The van der Waals surface area contributed by atoms with Crippen LogP contribution in [-0.4, -0.2) is 73.7 Å². The number of carbonyl (C=O) groups excluding carboxylic acids is 3. The number of azo groups is 1. The van der Waals surface area contributed by atoms with Crippen LogP contribution in [0.5, 0.6) is 0 Å². The molecule has 12 heteroatoms. The summed E-state index contributed by atoms with van der Waals surface area (Å²) in [5, 5.41) is 13.9. The number of amides is 2. The molecule has 0 bridgehead atoms. The molecule has 0 radical (unpaired) electrons. The Morgan fingerprint density at radius 2 is 1.69 bits per heavy atom. The molecule has 52 heavy (non-hydrogen) atoms. The van der Waals surface area contributed by atoms with Crippen molar-refractivity contribution >= 4 is 35.1 Å². The van der Waals surface area contributed by atoms with Gasteiger partial charge >= 0.3 is 6.09 Å². The first-order valence-electron chi connectivity index (χ1n) is 18.3. The Bertz CT molecular complexity index is 1770. The highest BCUT2D eigenvalue weighted by Gasteiger charge is 2.31. The quantitative estimate of drug-likeness (QED) is 0.210. The van der Waals surface area contributed by atoms with Crippen molar-refractivity contribution in [2.24, 2.45) is 33.0 Å². The Labute approximate surface area is 305 Å². The first-order valence-corrected chi connectivity index (χ1v) is 18.3. The lowest BCUT2D eigenvalue weighted by Gasteiger charge is -2.29. The predicted octanol–water partition coefficient (Wildman–Crippen LogP) is 6.84. The smallest absolute Gasteiger partial charge is 0.407 e. The number of carbonyl (C=O) groups is 3.